The first-order valence-electron chi connectivity index (χ1n) is 7.15. The van der Waals surface area contributed by atoms with E-state index in [-0.39, 0.29) is 11.8 Å². The molecule has 0 saturated carbocycles. The molecule has 0 aliphatic rings. The average molecular weight is 436 g/mol. The van der Waals surface area contributed by atoms with Crippen molar-refractivity contribution >= 4 is 56.4 Å². The molecule has 1 amide bonds. The van der Waals surface area contributed by atoms with Gasteiger partial charge in [-0.15, -0.1) is 11.3 Å². The molecule has 0 bridgehead atoms. The van der Waals surface area contributed by atoms with Gasteiger partial charge in [0.25, 0.3) is 0 Å². The van der Waals surface area contributed by atoms with Gasteiger partial charge >= 0.3 is 0 Å². The van der Waals surface area contributed by atoms with Crippen molar-refractivity contribution in [2.45, 2.75) is 18.8 Å². The summed E-state index contributed by atoms with van der Waals surface area (Å²) in [5.74, 6) is 0.0421. The van der Waals surface area contributed by atoms with E-state index in [4.69, 9.17) is 28.9 Å². The van der Waals surface area contributed by atoms with E-state index in [2.05, 4.69) is 21.2 Å². The number of nitrogens with two attached hydrogens (primary N) is 1. The Morgan fingerprint density at radius 1 is 1.30 bits per heavy atom. The molecule has 1 unspecified atom stereocenters. The molecule has 3 N–H and O–H groups in total. The second kappa shape index (κ2) is 9.04. The molecule has 0 fully saturated rings. The normalized spacial score (nSPS) is 12.2. The number of rotatable bonds is 7. The van der Waals surface area contributed by atoms with Crippen LogP contribution in [0, 0.1) is 0 Å². The van der Waals surface area contributed by atoms with Crippen LogP contribution in [-0.4, -0.2) is 19.0 Å². The van der Waals surface area contributed by atoms with Crippen molar-refractivity contribution in [2.24, 2.45) is 5.73 Å². The van der Waals surface area contributed by atoms with Gasteiger partial charge in [-0.2, -0.15) is 0 Å². The topological polar surface area (TPSA) is 55.1 Å². The average Bonchev–Trinajstić information content (AvgIpc) is 2.93. The van der Waals surface area contributed by atoms with Gasteiger partial charge in [0.2, 0.25) is 5.91 Å². The van der Waals surface area contributed by atoms with Crippen LogP contribution in [0.3, 0.4) is 0 Å². The Labute approximate surface area is 158 Å². The minimum Gasteiger partial charge on any atom is -0.356 e. The zero-order valence-electron chi connectivity index (χ0n) is 12.3. The van der Waals surface area contributed by atoms with Crippen LogP contribution >= 0.6 is 50.5 Å². The second-order valence-electron chi connectivity index (χ2n) is 5.11. The number of nitrogens with one attached hydrogen (secondary N) is 1. The van der Waals surface area contributed by atoms with Gasteiger partial charge in [-0.25, -0.2) is 0 Å². The SMILES string of the molecule is NCC(CC(=O)NCCc1ccc(Cl)cc1Cl)c1ccc(Br)s1. The highest BCUT2D eigenvalue weighted by molar-refractivity contribution is 9.11. The minimum absolute atomic E-state index is 0.00458. The number of carbonyl (C=O) groups is 1. The number of carbonyl (C=O) groups excluding carboxylic acids is 1. The highest BCUT2D eigenvalue weighted by Gasteiger charge is 2.16. The fraction of sp³-hybridized carbons (Fsp3) is 0.312. The summed E-state index contributed by atoms with van der Waals surface area (Å²) < 4.78 is 1.05. The van der Waals surface area contributed by atoms with E-state index in [1.165, 1.54) is 0 Å². The van der Waals surface area contributed by atoms with Gasteiger partial charge in [0.05, 0.1) is 3.79 Å². The first kappa shape index (κ1) is 18.7. The first-order valence-corrected chi connectivity index (χ1v) is 9.52. The van der Waals surface area contributed by atoms with E-state index < -0.39 is 0 Å². The summed E-state index contributed by atoms with van der Waals surface area (Å²) in [7, 11) is 0. The van der Waals surface area contributed by atoms with Gasteiger partial charge < -0.3 is 11.1 Å². The van der Waals surface area contributed by atoms with Crippen LogP contribution in [0.15, 0.2) is 34.1 Å². The van der Waals surface area contributed by atoms with E-state index in [1.807, 2.05) is 18.2 Å². The molecular weight excluding hydrogens is 419 g/mol. The lowest BCUT2D eigenvalue weighted by molar-refractivity contribution is -0.121. The highest BCUT2D eigenvalue weighted by Crippen LogP contribution is 2.29. The Bertz CT molecular complexity index is 678. The summed E-state index contributed by atoms with van der Waals surface area (Å²) in [5.41, 5.74) is 6.76. The van der Waals surface area contributed by atoms with Crippen LogP contribution < -0.4 is 11.1 Å². The third-order valence-corrected chi connectivity index (χ3v) is 5.82. The third kappa shape index (κ3) is 5.76. The van der Waals surface area contributed by atoms with Crippen molar-refractivity contribution in [3.05, 3.63) is 54.6 Å². The fourth-order valence-electron chi connectivity index (χ4n) is 2.20. The number of benzene rings is 1. The van der Waals surface area contributed by atoms with Crippen LogP contribution in [0.2, 0.25) is 10.0 Å². The molecule has 1 atom stereocenters. The molecule has 0 aliphatic carbocycles. The molecule has 3 nitrogen and oxygen atoms in total. The van der Waals surface area contributed by atoms with E-state index in [1.54, 1.807) is 23.5 Å². The Morgan fingerprint density at radius 2 is 2.09 bits per heavy atom. The maximum atomic E-state index is 12.1. The second-order valence-corrected chi connectivity index (χ2v) is 8.45. The lowest BCUT2D eigenvalue weighted by Gasteiger charge is -2.13. The molecular formula is C16H17BrCl2N2OS. The van der Waals surface area contributed by atoms with Crippen molar-refractivity contribution in [1.29, 1.82) is 0 Å². The summed E-state index contributed by atoms with van der Waals surface area (Å²) in [5, 5.41) is 4.15. The van der Waals surface area contributed by atoms with Gasteiger partial charge in [0.15, 0.2) is 0 Å². The lowest BCUT2D eigenvalue weighted by atomic mass is 10.0. The minimum atomic E-state index is -0.00458. The van der Waals surface area contributed by atoms with E-state index in [9.17, 15) is 4.79 Å². The van der Waals surface area contributed by atoms with Crippen LogP contribution in [0.5, 0.6) is 0 Å². The molecule has 0 aliphatic heterocycles. The molecule has 1 aromatic carbocycles. The molecule has 2 aromatic rings. The van der Waals surface area contributed by atoms with Gasteiger partial charge in [-0.05, 0) is 52.2 Å². The van der Waals surface area contributed by atoms with Crippen molar-refractivity contribution in [3.63, 3.8) is 0 Å². The summed E-state index contributed by atoms with van der Waals surface area (Å²) in [6.07, 6.45) is 1.05. The Balaban J connectivity index is 1.82. The molecule has 2 rings (SSSR count). The van der Waals surface area contributed by atoms with Crippen molar-refractivity contribution < 1.29 is 4.79 Å². The van der Waals surface area contributed by atoms with Gasteiger partial charge in [-0.1, -0.05) is 29.3 Å². The summed E-state index contributed by atoms with van der Waals surface area (Å²) in [6.45, 7) is 0.981. The van der Waals surface area contributed by atoms with Gasteiger partial charge in [0.1, 0.15) is 0 Å². The Hall–Kier alpha value is -0.590. The maximum Gasteiger partial charge on any atom is 0.220 e. The molecule has 124 valence electrons. The highest BCUT2D eigenvalue weighted by atomic mass is 79.9. The fourth-order valence-corrected chi connectivity index (χ4v) is 4.24. The zero-order chi connectivity index (χ0) is 16.8. The lowest BCUT2D eigenvalue weighted by Crippen LogP contribution is -2.28. The molecule has 0 spiro atoms. The standard InChI is InChI=1S/C16H17BrCl2N2OS/c17-15-4-3-14(23-15)11(9-20)7-16(22)21-6-5-10-1-2-12(18)8-13(10)19/h1-4,8,11H,5-7,9,20H2,(H,21,22). The van der Waals surface area contributed by atoms with E-state index >= 15 is 0 Å². The van der Waals surface area contributed by atoms with E-state index in [0.29, 0.717) is 36.0 Å². The summed E-state index contributed by atoms with van der Waals surface area (Å²) in [6, 6.07) is 9.36. The van der Waals surface area contributed by atoms with Crippen molar-refractivity contribution in [2.75, 3.05) is 13.1 Å². The van der Waals surface area contributed by atoms with Crippen LogP contribution in [0.1, 0.15) is 22.8 Å². The maximum absolute atomic E-state index is 12.1. The smallest absolute Gasteiger partial charge is 0.220 e. The molecule has 23 heavy (non-hydrogen) atoms. The predicted octanol–water partition coefficient (Wildman–Crippen LogP) is 4.61. The molecule has 1 aromatic heterocycles. The largest absolute Gasteiger partial charge is 0.356 e. The number of amides is 1. The zero-order valence-corrected chi connectivity index (χ0v) is 16.2. The molecule has 7 heteroatoms. The summed E-state index contributed by atoms with van der Waals surface area (Å²) in [4.78, 5) is 13.2. The number of halogens is 3. The van der Waals surface area contributed by atoms with Crippen molar-refractivity contribution in [1.82, 2.24) is 5.32 Å². The first-order chi connectivity index (χ1) is 11.0. The molecule has 0 radical (unpaired) electrons. The number of thiophene rings is 1. The quantitative estimate of drug-likeness (QED) is 0.667. The Morgan fingerprint density at radius 3 is 2.70 bits per heavy atom. The molecule has 0 saturated heterocycles. The molecule has 1 heterocycles. The van der Waals surface area contributed by atoms with Crippen LogP contribution in [0.4, 0.5) is 0 Å². The number of hydrogen-bond donors (Lipinski definition) is 2. The van der Waals surface area contributed by atoms with Gasteiger partial charge in [-0.3, -0.25) is 4.79 Å². The van der Waals surface area contributed by atoms with E-state index in [0.717, 1.165) is 14.2 Å². The van der Waals surface area contributed by atoms with Gasteiger partial charge in [0, 0.05) is 40.4 Å². The van der Waals surface area contributed by atoms with Crippen LogP contribution in [-0.2, 0) is 11.2 Å². The third-order valence-electron chi connectivity index (χ3n) is 3.44. The van der Waals surface area contributed by atoms with Crippen LogP contribution in [0.25, 0.3) is 0 Å². The monoisotopic (exact) mass is 434 g/mol. The summed E-state index contributed by atoms with van der Waals surface area (Å²) >= 11 is 17.0. The Kier molecular flexibility index (Phi) is 7.37. The predicted molar refractivity (Wildman–Crippen MR) is 102 cm³/mol. The van der Waals surface area contributed by atoms with Crippen molar-refractivity contribution in [3.8, 4) is 0 Å². The number of hydrogen-bond acceptors (Lipinski definition) is 3.